The van der Waals surface area contributed by atoms with E-state index >= 15 is 0 Å². The van der Waals surface area contributed by atoms with Gasteiger partial charge in [0.25, 0.3) is 0 Å². The van der Waals surface area contributed by atoms with Crippen LogP contribution in [0.5, 0.6) is 0 Å². The second kappa shape index (κ2) is 3.17. The highest BCUT2D eigenvalue weighted by atomic mass is 32.2. The van der Waals surface area contributed by atoms with Gasteiger partial charge in [-0.1, -0.05) is 6.92 Å². The number of rotatable bonds is 2. The Morgan fingerprint density at radius 3 is 2.67 bits per heavy atom. The fourth-order valence-electron chi connectivity index (χ4n) is 1.41. The van der Waals surface area contributed by atoms with Gasteiger partial charge in [-0.3, -0.25) is 4.99 Å². The third-order valence-corrected chi connectivity index (χ3v) is 3.96. The predicted octanol–water partition coefficient (Wildman–Crippen LogP) is 1.04. The Morgan fingerprint density at radius 2 is 2.25 bits per heavy atom. The van der Waals surface area contributed by atoms with Crippen molar-refractivity contribution in [2.45, 2.75) is 32.2 Å². The van der Waals surface area contributed by atoms with Gasteiger partial charge in [0.15, 0.2) is 9.84 Å². The lowest BCUT2D eigenvalue weighted by Gasteiger charge is -2.14. The molecule has 1 aliphatic rings. The van der Waals surface area contributed by atoms with Crippen molar-refractivity contribution >= 4 is 16.1 Å². The molecule has 0 unspecified atom stereocenters. The molecule has 0 aromatic carbocycles. The van der Waals surface area contributed by atoms with Crippen LogP contribution in [-0.2, 0) is 9.84 Å². The summed E-state index contributed by atoms with van der Waals surface area (Å²) < 4.78 is 22.3. The van der Waals surface area contributed by atoms with Crippen LogP contribution in [0.1, 0.15) is 26.7 Å². The lowest BCUT2D eigenvalue weighted by molar-refractivity contribution is 0.535. The van der Waals surface area contributed by atoms with E-state index in [9.17, 15) is 8.42 Å². The molecule has 0 bridgehead atoms. The second-order valence-corrected chi connectivity index (χ2v) is 5.74. The lowest BCUT2D eigenvalue weighted by Crippen LogP contribution is -2.23. The summed E-state index contributed by atoms with van der Waals surface area (Å²) in [6.45, 7) is 3.90. The molecule has 12 heavy (non-hydrogen) atoms. The summed E-state index contributed by atoms with van der Waals surface area (Å²) in [4.78, 5) is 4.27. The van der Waals surface area contributed by atoms with Gasteiger partial charge in [0.2, 0.25) is 0 Å². The van der Waals surface area contributed by atoms with E-state index in [-0.39, 0.29) is 11.3 Å². The maximum Gasteiger partial charge on any atom is 0.152 e. The second-order valence-electron chi connectivity index (χ2n) is 3.56. The van der Waals surface area contributed by atoms with Crippen molar-refractivity contribution < 1.29 is 8.42 Å². The minimum absolute atomic E-state index is 0.219. The monoisotopic (exact) mass is 189 g/mol. The zero-order valence-electron chi connectivity index (χ0n) is 7.58. The van der Waals surface area contributed by atoms with Gasteiger partial charge >= 0.3 is 0 Å². The van der Waals surface area contributed by atoms with E-state index in [0.717, 1.165) is 6.42 Å². The van der Waals surface area contributed by atoms with Crippen LogP contribution in [0.4, 0.5) is 0 Å². The summed E-state index contributed by atoms with van der Waals surface area (Å²) in [5.74, 6) is 0.515. The first-order valence-corrected chi connectivity index (χ1v) is 6.04. The van der Waals surface area contributed by atoms with Gasteiger partial charge in [-0.15, -0.1) is 0 Å². The van der Waals surface area contributed by atoms with E-state index in [0.29, 0.717) is 12.2 Å². The van der Waals surface area contributed by atoms with Gasteiger partial charge in [-0.2, -0.15) is 0 Å². The van der Waals surface area contributed by atoms with Crippen molar-refractivity contribution in [1.82, 2.24) is 0 Å². The van der Waals surface area contributed by atoms with E-state index in [1.165, 1.54) is 0 Å². The number of sulfone groups is 1. The Bertz CT molecular complexity index is 281. The van der Waals surface area contributed by atoms with Gasteiger partial charge in [0, 0.05) is 0 Å². The number of nitrogens with zero attached hydrogens (tertiary/aromatic N) is 1. The smallest absolute Gasteiger partial charge is 0.152 e. The Balaban J connectivity index is 2.71. The summed E-state index contributed by atoms with van der Waals surface area (Å²) in [6, 6.07) is 0. The molecule has 4 heteroatoms. The minimum atomic E-state index is -2.80. The van der Waals surface area contributed by atoms with Gasteiger partial charge < -0.3 is 0 Å². The van der Waals surface area contributed by atoms with E-state index in [2.05, 4.69) is 4.99 Å². The van der Waals surface area contributed by atoms with Crippen molar-refractivity contribution in [3.05, 3.63) is 0 Å². The molecule has 0 aromatic heterocycles. The standard InChI is InChI=1S/C8H15NO2S/c1-3-5-9-8(2)4-6-12(10,11)7-8/h5H,3-4,6-7H2,1-2H3/t8-/m0/s1. The molecule has 0 saturated carbocycles. The molecule has 0 radical (unpaired) electrons. The fraction of sp³-hybridized carbons (Fsp3) is 0.875. The van der Waals surface area contributed by atoms with Crippen molar-refractivity contribution in [2.24, 2.45) is 4.99 Å². The molecular weight excluding hydrogens is 174 g/mol. The van der Waals surface area contributed by atoms with Crippen LogP contribution in [0, 0.1) is 0 Å². The van der Waals surface area contributed by atoms with Gasteiger partial charge in [-0.05, 0) is 26.0 Å². The first kappa shape index (κ1) is 9.71. The zero-order chi connectivity index (χ0) is 9.24. The van der Waals surface area contributed by atoms with Gasteiger partial charge in [0.1, 0.15) is 0 Å². The lowest BCUT2D eigenvalue weighted by atomic mass is 10.0. The third kappa shape index (κ3) is 2.30. The summed E-state index contributed by atoms with van der Waals surface area (Å²) in [6.07, 6.45) is 3.35. The van der Waals surface area contributed by atoms with Crippen molar-refractivity contribution in [3.63, 3.8) is 0 Å². The highest BCUT2D eigenvalue weighted by molar-refractivity contribution is 7.91. The molecule has 1 saturated heterocycles. The van der Waals surface area contributed by atoms with Crippen molar-refractivity contribution in [2.75, 3.05) is 11.5 Å². The maximum absolute atomic E-state index is 11.1. The average molecular weight is 189 g/mol. The molecule has 0 amide bonds. The highest BCUT2D eigenvalue weighted by Gasteiger charge is 2.37. The van der Waals surface area contributed by atoms with Crippen molar-refractivity contribution in [1.29, 1.82) is 0 Å². The van der Waals surface area contributed by atoms with Crippen LogP contribution in [-0.4, -0.2) is 31.7 Å². The Hall–Kier alpha value is -0.380. The van der Waals surface area contributed by atoms with Gasteiger partial charge in [0.05, 0.1) is 17.0 Å². The number of hydrogen-bond acceptors (Lipinski definition) is 3. The molecule has 0 aliphatic carbocycles. The van der Waals surface area contributed by atoms with E-state index < -0.39 is 9.84 Å². The quantitative estimate of drug-likeness (QED) is 0.609. The van der Waals surface area contributed by atoms with Crippen LogP contribution in [0.25, 0.3) is 0 Å². The van der Waals surface area contributed by atoms with E-state index in [1.807, 2.05) is 13.8 Å². The highest BCUT2D eigenvalue weighted by Crippen LogP contribution is 2.26. The molecule has 1 atom stereocenters. The zero-order valence-corrected chi connectivity index (χ0v) is 8.39. The Labute approximate surface area is 73.8 Å². The van der Waals surface area contributed by atoms with Crippen LogP contribution >= 0.6 is 0 Å². The molecule has 0 aromatic rings. The molecule has 0 N–H and O–H groups in total. The predicted molar refractivity (Wildman–Crippen MR) is 50.5 cm³/mol. The number of aliphatic imine (C=N–C) groups is 1. The normalized spacial score (nSPS) is 34.5. The third-order valence-electron chi connectivity index (χ3n) is 2.07. The summed E-state index contributed by atoms with van der Waals surface area (Å²) in [5, 5.41) is 0. The van der Waals surface area contributed by atoms with Crippen molar-refractivity contribution in [3.8, 4) is 0 Å². The Morgan fingerprint density at radius 1 is 1.58 bits per heavy atom. The minimum Gasteiger partial charge on any atom is -0.290 e. The maximum atomic E-state index is 11.1. The summed E-state index contributed by atoms with van der Waals surface area (Å²) in [5.41, 5.74) is -0.338. The first-order valence-electron chi connectivity index (χ1n) is 4.21. The van der Waals surface area contributed by atoms with Crippen LogP contribution in [0.2, 0.25) is 0 Å². The SMILES string of the molecule is CCC=N[C@@]1(C)CCS(=O)(=O)C1. The van der Waals surface area contributed by atoms with Crippen LogP contribution < -0.4 is 0 Å². The molecule has 3 nitrogen and oxygen atoms in total. The van der Waals surface area contributed by atoms with E-state index in [4.69, 9.17) is 0 Å². The fourth-order valence-corrected chi connectivity index (χ4v) is 3.47. The first-order chi connectivity index (χ1) is 5.47. The molecule has 1 fully saturated rings. The van der Waals surface area contributed by atoms with Crippen LogP contribution in [0.15, 0.2) is 4.99 Å². The summed E-state index contributed by atoms with van der Waals surface area (Å²) in [7, 11) is -2.80. The molecule has 1 aliphatic heterocycles. The summed E-state index contributed by atoms with van der Waals surface area (Å²) >= 11 is 0. The number of hydrogen-bond donors (Lipinski definition) is 0. The van der Waals surface area contributed by atoms with E-state index in [1.54, 1.807) is 6.21 Å². The average Bonchev–Trinajstić information content (AvgIpc) is 2.23. The van der Waals surface area contributed by atoms with Gasteiger partial charge in [-0.25, -0.2) is 8.42 Å². The molecule has 1 heterocycles. The van der Waals surface area contributed by atoms with Crippen LogP contribution in [0.3, 0.4) is 0 Å². The topological polar surface area (TPSA) is 46.5 Å². The molecule has 70 valence electrons. The Kier molecular flexibility index (Phi) is 2.56. The molecule has 0 spiro atoms. The molecular formula is C8H15NO2S. The largest absolute Gasteiger partial charge is 0.290 e. The molecule has 1 rings (SSSR count).